The number of hydrogen-bond acceptors (Lipinski definition) is 4. The molecule has 0 N–H and O–H groups in total. The molecule has 0 amide bonds. The molecule has 0 atom stereocenters. The summed E-state index contributed by atoms with van der Waals surface area (Å²) < 4.78 is 16.0. The molecular weight excluding hydrogens is 375 g/mol. The first kappa shape index (κ1) is 19.9. The number of esters is 1. The van der Waals surface area contributed by atoms with Crippen LogP contribution in [0.3, 0.4) is 0 Å². The molecule has 26 heavy (non-hydrogen) atoms. The fraction of sp³-hybridized carbons (Fsp3) is 0.150. The second-order valence-corrected chi connectivity index (χ2v) is 6.03. The van der Waals surface area contributed by atoms with Gasteiger partial charge in [-0.05, 0) is 35.9 Å². The van der Waals surface area contributed by atoms with E-state index in [-0.39, 0.29) is 13.2 Å². The fourth-order valence-corrected chi connectivity index (χ4v) is 2.52. The van der Waals surface area contributed by atoms with Crippen molar-refractivity contribution in [2.75, 3.05) is 13.7 Å². The van der Waals surface area contributed by atoms with Gasteiger partial charge in [-0.1, -0.05) is 48.0 Å². The molecular formula is C20H18Cl2O4. The standard InChI is InChI=1S/C20H18Cl2O4/c1-3-10-25-20(23)9-5-14-4-8-18(19(11-14)24-2)26-13-15-6-7-16(21)12-17(15)22/h3-9,11-12H,1,10,13H2,2H3/b9-5+. The summed E-state index contributed by atoms with van der Waals surface area (Å²) in [4.78, 5) is 11.5. The van der Waals surface area contributed by atoms with Gasteiger partial charge in [-0.15, -0.1) is 0 Å². The molecule has 0 fully saturated rings. The molecule has 0 heterocycles. The normalized spacial score (nSPS) is 10.6. The Morgan fingerprint density at radius 2 is 1.96 bits per heavy atom. The zero-order valence-corrected chi connectivity index (χ0v) is 15.7. The lowest BCUT2D eigenvalue weighted by atomic mass is 10.2. The second kappa shape index (κ2) is 9.90. The molecule has 4 nitrogen and oxygen atoms in total. The Hall–Kier alpha value is -2.43. The number of ether oxygens (including phenoxy) is 3. The topological polar surface area (TPSA) is 44.8 Å². The molecule has 0 aliphatic carbocycles. The first-order valence-corrected chi connectivity index (χ1v) is 8.49. The van der Waals surface area contributed by atoms with Crippen molar-refractivity contribution in [1.29, 1.82) is 0 Å². The van der Waals surface area contributed by atoms with Crippen LogP contribution in [0.1, 0.15) is 11.1 Å². The minimum Gasteiger partial charge on any atom is -0.493 e. The van der Waals surface area contributed by atoms with Crippen LogP contribution >= 0.6 is 23.2 Å². The summed E-state index contributed by atoms with van der Waals surface area (Å²) >= 11 is 12.0. The number of carbonyl (C=O) groups excluding carboxylic acids is 1. The Morgan fingerprint density at radius 1 is 1.15 bits per heavy atom. The summed E-state index contributed by atoms with van der Waals surface area (Å²) in [5.74, 6) is 0.656. The van der Waals surface area contributed by atoms with Gasteiger partial charge in [0.05, 0.1) is 7.11 Å². The van der Waals surface area contributed by atoms with E-state index in [1.807, 2.05) is 6.07 Å². The largest absolute Gasteiger partial charge is 0.493 e. The van der Waals surface area contributed by atoms with E-state index in [1.165, 1.54) is 12.2 Å². The molecule has 0 radical (unpaired) electrons. The van der Waals surface area contributed by atoms with Crippen molar-refractivity contribution in [1.82, 2.24) is 0 Å². The van der Waals surface area contributed by atoms with E-state index in [2.05, 4.69) is 6.58 Å². The van der Waals surface area contributed by atoms with Gasteiger partial charge >= 0.3 is 5.97 Å². The van der Waals surface area contributed by atoms with Gasteiger partial charge in [0.1, 0.15) is 13.2 Å². The maximum atomic E-state index is 11.5. The number of benzene rings is 2. The van der Waals surface area contributed by atoms with Gasteiger partial charge in [-0.3, -0.25) is 0 Å². The van der Waals surface area contributed by atoms with E-state index in [4.69, 9.17) is 37.4 Å². The maximum absolute atomic E-state index is 11.5. The van der Waals surface area contributed by atoms with E-state index in [0.29, 0.717) is 21.5 Å². The molecule has 0 saturated carbocycles. The lowest BCUT2D eigenvalue weighted by molar-refractivity contribution is -0.136. The van der Waals surface area contributed by atoms with Crippen LogP contribution in [0, 0.1) is 0 Å². The first-order valence-electron chi connectivity index (χ1n) is 7.74. The molecule has 6 heteroatoms. The summed E-state index contributed by atoms with van der Waals surface area (Å²) in [5, 5.41) is 1.10. The summed E-state index contributed by atoms with van der Waals surface area (Å²) in [5.41, 5.74) is 1.58. The van der Waals surface area contributed by atoms with Crippen molar-refractivity contribution >= 4 is 35.2 Å². The monoisotopic (exact) mass is 392 g/mol. The number of hydrogen-bond donors (Lipinski definition) is 0. The first-order chi connectivity index (χ1) is 12.5. The lowest BCUT2D eigenvalue weighted by Crippen LogP contribution is -2.00. The van der Waals surface area contributed by atoms with Crippen LogP contribution < -0.4 is 9.47 Å². The van der Waals surface area contributed by atoms with Gasteiger partial charge in [-0.2, -0.15) is 0 Å². The van der Waals surface area contributed by atoms with E-state index < -0.39 is 5.97 Å². The summed E-state index contributed by atoms with van der Waals surface area (Å²) in [6, 6.07) is 10.6. The molecule has 0 spiro atoms. The van der Waals surface area contributed by atoms with E-state index in [1.54, 1.807) is 43.5 Å². The highest BCUT2D eigenvalue weighted by atomic mass is 35.5. The maximum Gasteiger partial charge on any atom is 0.331 e. The summed E-state index contributed by atoms with van der Waals surface area (Å²) in [7, 11) is 1.54. The number of rotatable bonds is 8. The van der Waals surface area contributed by atoms with Gasteiger partial charge in [0.2, 0.25) is 0 Å². The molecule has 0 unspecified atom stereocenters. The highest BCUT2D eigenvalue weighted by molar-refractivity contribution is 6.35. The summed E-state index contributed by atoms with van der Waals surface area (Å²) in [6.07, 6.45) is 4.48. The third-order valence-corrected chi connectivity index (χ3v) is 3.93. The zero-order chi connectivity index (χ0) is 18.9. The number of halogens is 2. The van der Waals surface area contributed by atoms with E-state index >= 15 is 0 Å². The summed E-state index contributed by atoms with van der Waals surface area (Å²) in [6.45, 7) is 3.93. The SMILES string of the molecule is C=CCOC(=O)/C=C/c1ccc(OCc2ccc(Cl)cc2Cl)c(OC)c1. The zero-order valence-electron chi connectivity index (χ0n) is 14.2. The van der Waals surface area contributed by atoms with Crippen molar-refractivity contribution < 1.29 is 19.0 Å². The van der Waals surface area contributed by atoms with Gasteiger partial charge in [-0.25, -0.2) is 4.79 Å². The molecule has 2 aromatic rings. The van der Waals surface area contributed by atoms with Crippen LogP contribution in [-0.2, 0) is 16.1 Å². The van der Waals surface area contributed by atoms with E-state index in [0.717, 1.165) is 11.1 Å². The van der Waals surface area contributed by atoms with Crippen LogP contribution in [0.4, 0.5) is 0 Å². The van der Waals surface area contributed by atoms with Crippen molar-refractivity contribution in [2.45, 2.75) is 6.61 Å². The Kier molecular flexibility index (Phi) is 7.57. The van der Waals surface area contributed by atoms with Crippen LogP contribution in [0.25, 0.3) is 6.08 Å². The van der Waals surface area contributed by atoms with Crippen molar-refractivity contribution in [3.63, 3.8) is 0 Å². The molecule has 136 valence electrons. The van der Waals surface area contributed by atoms with Crippen LogP contribution in [0.5, 0.6) is 11.5 Å². The number of methoxy groups -OCH3 is 1. The van der Waals surface area contributed by atoms with E-state index in [9.17, 15) is 4.79 Å². The second-order valence-electron chi connectivity index (χ2n) is 5.19. The van der Waals surface area contributed by atoms with Gasteiger partial charge in [0, 0.05) is 21.7 Å². The highest BCUT2D eigenvalue weighted by Crippen LogP contribution is 2.30. The quantitative estimate of drug-likeness (QED) is 0.346. The predicted molar refractivity (Wildman–Crippen MR) is 104 cm³/mol. The Labute approximate surface area is 162 Å². The van der Waals surface area contributed by atoms with Crippen molar-refractivity contribution in [2.24, 2.45) is 0 Å². The molecule has 0 saturated heterocycles. The third kappa shape index (κ3) is 5.83. The molecule has 0 bridgehead atoms. The average molecular weight is 393 g/mol. The Balaban J connectivity index is 2.07. The van der Waals surface area contributed by atoms with Gasteiger partial charge in [0.25, 0.3) is 0 Å². The van der Waals surface area contributed by atoms with Crippen LogP contribution in [0.15, 0.2) is 55.1 Å². The minimum atomic E-state index is -0.443. The molecule has 0 aromatic heterocycles. The van der Waals surface area contributed by atoms with Crippen LogP contribution in [0.2, 0.25) is 10.0 Å². The van der Waals surface area contributed by atoms with Crippen molar-refractivity contribution in [3.8, 4) is 11.5 Å². The van der Waals surface area contributed by atoms with Gasteiger partial charge in [0.15, 0.2) is 11.5 Å². The highest BCUT2D eigenvalue weighted by Gasteiger charge is 2.08. The molecule has 0 aliphatic rings. The predicted octanol–water partition coefficient (Wildman–Crippen LogP) is 5.32. The Bertz CT molecular complexity index is 815. The Morgan fingerprint density at radius 3 is 2.65 bits per heavy atom. The lowest BCUT2D eigenvalue weighted by Gasteiger charge is -2.12. The molecule has 0 aliphatic heterocycles. The fourth-order valence-electron chi connectivity index (χ4n) is 2.05. The molecule has 2 rings (SSSR count). The molecule has 2 aromatic carbocycles. The minimum absolute atomic E-state index is 0.173. The average Bonchev–Trinajstić information content (AvgIpc) is 2.64. The van der Waals surface area contributed by atoms with Gasteiger partial charge < -0.3 is 14.2 Å². The smallest absolute Gasteiger partial charge is 0.331 e. The van der Waals surface area contributed by atoms with Crippen molar-refractivity contribution in [3.05, 3.63) is 76.3 Å². The number of carbonyl (C=O) groups is 1. The third-order valence-electron chi connectivity index (χ3n) is 3.34. The van der Waals surface area contributed by atoms with Crippen LogP contribution in [-0.4, -0.2) is 19.7 Å².